The van der Waals surface area contributed by atoms with Gasteiger partial charge >= 0.3 is 5.97 Å². The maximum absolute atomic E-state index is 10.9. The highest BCUT2D eigenvalue weighted by Crippen LogP contribution is 2.20. The lowest BCUT2D eigenvalue weighted by Crippen LogP contribution is -2.32. The molecule has 1 rings (SSSR count). The molecule has 0 radical (unpaired) electrons. The summed E-state index contributed by atoms with van der Waals surface area (Å²) < 4.78 is 5.23. The molecule has 0 saturated carbocycles. The van der Waals surface area contributed by atoms with Gasteiger partial charge in [0, 0.05) is 19.9 Å². The van der Waals surface area contributed by atoms with Crippen LogP contribution in [0, 0.1) is 0 Å². The fraction of sp³-hybridized carbons (Fsp3) is 0.455. The average molecular weight is 239 g/mol. The Kier molecular flexibility index (Phi) is 3.90. The van der Waals surface area contributed by atoms with Crippen molar-refractivity contribution in [2.45, 2.75) is 19.4 Å². The molecule has 0 aliphatic rings. The molecule has 4 N–H and O–H groups in total. The van der Waals surface area contributed by atoms with Crippen molar-refractivity contribution in [1.29, 1.82) is 0 Å². The Hall–Kier alpha value is -1.82. The predicted molar refractivity (Wildman–Crippen MR) is 65.2 cm³/mol. The van der Waals surface area contributed by atoms with Gasteiger partial charge in [0.2, 0.25) is 0 Å². The molecule has 1 heterocycles. The Balaban J connectivity index is 2.86. The minimum Gasteiger partial charge on any atom is -0.478 e. The summed E-state index contributed by atoms with van der Waals surface area (Å²) in [7, 11) is 1.60. The molecule has 0 bridgehead atoms. The molecule has 0 aromatic carbocycles. The Bertz CT molecular complexity index is 418. The molecule has 6 heteroatoms. The lowest BCUT2D eigenvalue weighted by molar-refractivity contribution is 0.0343. The summed E-state index contributed by atoms with van der Waals surface area (Å²) in [5.74, 6) is -0.714. The van der Waals surface area contributed by atoms with Crippen LogP contribution in [0.1, 0.15) is 24.2 Å². The van der Waals surface area contributed by atoms with E-state index in [4.69, 9.17) is 15.6 Å². The monoisotopic (exact) mass is 239 g/mol. The number of hydrogen-bond acceptors (Lipinski definition) is 5. The predicted octanol–water partition coefficient (Wildman–Crippen LogP) is 1.20. The SMILES string of the molecule is COC(C)(C)CNc1nccc(C(=O)O)c1N. The third-order valence-corrected chi connectivity index (χ3v) is 2.45. The van der Waals surface area contributed by atoms with E-state index in [1.165, 1.54) is 12.3 Å². The first-order valence-corrected chi connectivity index (χ1v) is 5.14. The molecule has 0 aliphatic heterocycles. The minimum atomic E-state index is -1.07. The number of rotatable bonds is 5. The van der Waals surface area contributed by atoms with Crippen LogP contribution in [0.3, 0.4) is 0 Å². The fourth-order valence-electron chi connectivity index (χ4n) is 1.17. The van der Waals surface area contributed by atoms with E-state index in [-0.39, 0.29) is 16.9 Å². The van der Waals surface area contributed by atoms with E-state index in [1.54, 1.807) is 7.11 Å². The number of carbonyl (C=O) groups is 1. The zero-order chi connectivity index (χ0) is 13.1. The van der Waals surface area contributed by atoms with Crippen molar-refractivity contribution in [2.75, 3.05) is 24.7 Å². The van der Waals surface area contributed by atoms with E-state index in [1.807, 2.05) is 13.8 Å². The van der Waals surface area contributed by atoms with Crippen LogP contribution in [0.15, 0.2) is 12.3 Å². The molecule has 94 valence electrons. The number of pyridine rings is 1. The molecule has 0 fully saturated rings. The van der Waals surface area contributed by atoms with Crippen molar-refractivity contribution in [3.05, 3.63) is 17.8 Å². The highest BCUT2D eigenvalue weighted by Gasteiger charge is 2.18. The summed E-state index contributed by atoms with van der Waals surface area (Å²) in [6.45, 7) is 4.28. The second-order valence-corrected chi connectivity index (χ2v) is 4.24. The van der Waals surface area contributed by atoms with E-state index in [2.05, 4.69) is 10.3 Å². The number of nitrogen functional groups attached to an aromatic ring is 1. The summed E-state index contributed by atoms with van der Waals surface area (Å²) in [5, 5.41) is 11.9. The van der Waals surface area contributed by atoms with E-state index >= 15 is 0 Å². The zero-order valence-electron chi connectivity index (χ0n) is 10.2. The van der Waals surface area contributed by atoms with Gasteiger partial charge in [0.25, 0.3) is 0 Å². The highest BCUT2D eigenvalue weighted by molar-refractivity contribution is 5.96. The van der Waals surface area contributed by atoms with Crippen LogP contribution < -0.4 is 11.1 Å². The van der Waals surface area contributed by atoms with Gasteiger partial charge in [-0.1, -0.05) is 0 Å². The van der Waals surface area contributed by atoms with Crippen LogP contribution in [-0.4, -0.2) is 35.3 Å². The van der Waals surface area contributed by atoms with Crippen molar-refractivity contribution >= 4 is 17.5 Å². The lowest BCUT2D eigenvalue weighted by atomic mass is 10.1. The van der Waals surface area contributed by atoms with Crippen LogP contribution in [0.2, 0.25) is 0 Å². The largest absolute Gasteiger partial charge is 0.478 e. The number of carboxylic acids is 1. The van der Waals surface area contributed by atoms with Crippen LogP contribution in [-0.2, 0) is 4.74 Å². The van der Waals surface area contributed by atoms with Crippen LogP contribution in [0.5, 0.6) is 0 Å². The highest BCUT2D eigenvalue weighted by atomic mass is 16.5. The molecular formula is C11H17N3O3. The molecule has 0 atom stereocenters. The van der Waals surface area contributed by atoms with Gasteiger partial charge in [-0.3, -0.25) is 0 Å². The standard InChI is InChI=1S/C11H17N3O3/c1-11(2,17-3)6-14-9-8(12)7(10(15)16)4-5-13-9/h4-5H,6,12H2,1-3H3,(H,13,14)(H,15,16). The molecule has 17 heavy (non-hydrogen) atoms. The second kappa shape index (κ2) is 5.01. The van der Waals surface area contributed by atoms with E-state index in [0.29, 0.717) is 12.4 Å². The summed E-state index contributed by atoms with van der Waals surface area (Å²) in [6.07, 6.45) is 1.40. The first-order valence-electron chi connectivity index (χ1n) is 5.14. The first-order chi connectivity index (χ1) is 7.87. The number of nitrogens with one attached hydrogen (secondary N) is 1. The average Bonchev–Trinajstić information content (AvgIpc) is 2.27. The van der Waals surface area contributed by atoms with Gasteiger partial charge < -0.3 is 20.9 Å². The molecule has 0 aliphatic carbocycles. The third kappa shape index (κ3) is 3.32. The Morgan fingerprint density at radius 3 is 2.82 bits per heavy atom. The molecule has 0 unspecified atom stereocenters. The fourth-order valence-corrected chi connectivity index (χ4v) is 1.17. The Labute approximate surface area is 99.8 Å². The smallest absolute Gasteiger partial charge is 0.337 e. The zero-order valence-corrected chi connectivity index (χ0v) is 10.2. The second-order valence-electron chi connectivity index (χ2n) is 4.24. The molecule has 0 saturated heterocycles. The van der Waals surface area contributed by atoms with Gasteiger partial charge in [-0.15, -0.1) is 0 Å². The van der Waals surface area contributed by atoms with Crippen LogP contribution >= 0.6 is 0 Å². The van der Waals surface area contributed by atoms with Gasteiger partial charge in [0.1, 0.15) is 5.82 Å². The molecule has 1 aromatic heterocycles. The first kappa shape index (κ1) is 13.2. The quantitative estimate of drug-likeness (QED) is 0.714. The number of carboxylic acid groups (broad SMARTS) is 1. The van der Waals surface area contributed by atoms with E-state index in [9.17, 15) is 4.79 Å². The van der Waals surface area contributed by atoms with Gasteiger partial charge in [-0.2, -0.15) is 0 Å². The summed E-state index contributed by atoms with van der Waals surface area (Å²) >= 11 is 0. The van der Waals surface area contributed by atoms with Crippen LogP contribution in [0.4, 0.5) is 11.5 Å². The Morgan fingerprint density at radius 1 is 1.65 bits per heavy atom. The summed E-state index contributed by atoms with van der Waals surface area (Å²) in [5.41, 5.74) is 5.50. The maximum atomic E-state index is 10.9. The van der Waals surface area contributed by atoms with Crippen molar-refractivity contribution in [3.63, 3.8) is 0 Å². The molecule has 1 aromatic rings. The maximum Gasteiger partial charge on any atom is 0.337 e. The normalized spacial score (nSPS) is 11.2. The van der Waals surface area contributed by atoms with Crippen molar-refractivity contribution in [3.8, 4) is 0 Å². The number of nitrogens with two attached hydrogens (primary N) is 1. The molecule has 6 nitrogen and oxygen atoms in total. The third-order valence-electron chi connectivity index (χ3n) is 2.45. The summed E-state index contributed by atoms with van der Waals surface area (Å²) in [6, 6.07) is 1.37. The number of ether oxygens (including phenoxy) is 1. The van der Waals surface area contributed by atoms with Crippen LogP contribution in [0.25, 0.3) is 0 Å². The molecule has 0 spiro atoms. The molecule has 0 amide bonds. The Morgan fingerprint density at radius 2 is 2.29 bits per heavy atom. The minimum absolute atomic E-state index is 0.0396. The van der Waals surface area contributed by atoms with E-state index in [0.717, 1.165) is 0 Å². The van der Waals surface area contributed by atoms with Crippen molar-refractivity contribution in [1.82, 2.24) is 4.98 Å². The number of hydrogen-bond donors (Lipinski definition) is 3. The van der Waals surface area contributed by atoms with Crippen molar-refractivity contribution < 1.29 is 14.6 Å². The number of aromatic carboxylic acids is 1. The van der Waals surface area contributed by atoms with Gasteiger partial charge in [-0.25, -0.2) is 9.78 Å². The molecular weight excluding hydrogens is 222 g/mol. The topological polar surface area (TPSA) is 97.5 Å². The summed E-state index contributed by atoms with van der Waals surface area (Å²) in [4.78, 5) is 14.9. The number of aromatic nitrogens is 1. The van der Waals surface area contributed by atoms with Gasteiger partial charge in [-0.05, 0) is 19.9 Å². The number of nitrogens with zero attached hydrogens (tertiary/aromatic N) is 1. The van der Waals surface area contributed by atoms with Crippen molar-refractivity contribution in [2.24, 2.45) is 0 Å². The number of methoxy groups -OCH3 is 1. The number of anilines is 2. The van der Waals surface area contributed by atoms with Gasteiger partial charge in [0.05, 0.1) is 16.9 Å². The van der Waals surface area contributed by atoms with E-state index < -0.39 is 5.97 Å². The lowest BCUT2D eigenvalue weighted by Gasteiger charge is -2.23. The van der Waals surface area contributed by atoms with Gasteiger partial charge in [0.15, 0.2) is 0 Å².